The highest BCUT2D eigenvalue weighted by Gasteiger charge is 2.29. The summed E-state index contributed by atoms with van der Waals surface area (Å²) in [6, 6.07) is 19.2. The van der Waals surface area contributed by atoms with E-state index >= 15 is 0 Å². The monoisotopic (exact) mass is 471 g/mol. The average molecular weight is 472 g/mol. The first-order chi connectivity index (χ1) is 16.7. The number of anilines is 2. The molecule has 7 heteroatoms. The summed E-state index contributed by atoms with van der Waals surface area (Å²) in [4.78, 5) is 24.4. The number of ether oxygens (including phenoxy) is 1. The van der Waals surface area contributed by atoms with E-state index in [1.807, 2.05) is 62.4 Å². The van der Waals surface area contributed by atoms with Gasteiger partial charge in [0.1, 0.15) is 5.82 Å². The molecule has 3 aromatic rings. The van der Waals surface area contributed by atoms with Crippen LogP contribution in [0.25, 0.3) is 17.3 Å². The smallest absolute Gasteiger partial charge is 0.330 e. The molecule has 6 nitrogen and oxygen atoms in total. The third-order valence-corrected chi connectivity index (χ3v) is 5.69. The van der Waals surface area contributed by atoms with Gasteiger partial charge in [-0.15, -0.1) is 0 Å². The number of benzene rings is 3. The van der Waals surface area contributed by atoms with Crippen molar-refractivity contribution in [2.45, 2.75) is 19.4 Å². The summed E-state index contributed by atoms with van der Waals surface area (Å²) >= 11 is 0. The van der Waals surface area contributed by atoms with E-state index < -0.39 is 17.3 Å². The molecule has 3 aromatic carbocycles. The van der Waals surface area contributed by atoms with E-state index in [0.717, 1.165) is 22.4 Å². The van der Waals surface area contributed by atoms with Gasteiger partial charge in [0.05, 0.1) is 24.1 Å². The van der Waals surface area contributed by atoms with Crippen molar-refractivity contribution in [2.75, 3.05) is 17.7 Å². The Balaban J connectivity index is 1.78. The average Bonchev–Trinajstić information content (AvgIpc) is 3.15. The quantitative estimate of drug-likeness (QED) is 0.342. The first-order valence-corrected chi connectivity index (χ1v) is 11.0. The normalized spacial score (nSPS) is 14.5. The van der Waals surface area contributed by atoms with Crippen molar-refractivity contribution in [3.8, 4) is 0 Å². The molecular formula is C28H26FN3O3. The molecule has 0 radical (unpaired) electrons. The molecule has 1 heterocycles. The minimum Gasteiger partial charge on any atom is -0.466 e. The molecule has 0 spiro atoms. The second-order valence-electron chi connectivity index (χ2n) is 8.80. The molecule has 0 saturated heterocycles. The predicted octanol–water partition coefficient (Wildman–Crippen LogP) is 5.14. The van der Waals surface area contributed by atoms with E-state index in [4.69, 9.17) is 5.73 Å². The van der Waals surface area contributed by atoms with Crippen LogP contribution in [0.1, 0.15) is 36.1 Å². The summed E-state index contributed by atoms with van der Waals surface area (Å²) in [7, 11) is 1.32. The zero-order valence-electron chi connectivity index (χ0n) is 19.7. The van der Waals surface area contributed by atoms with Crippen molar-refractivity contribution in [2.24, 2.45) is 5.73 Å². The maximum atomic E-state index is 13.8. The molecule has 0 saturated carbocycles. The third-order valence-electron chi connectivity index (χ3n) is 5.69. The summed E-state index contributed by atoms with van der Waals surface area (Å²) in [5.41, 5.74) is 11.0. The van der Waals surface area contributed by atoms with Gasteiger partial charge in [-0.1, -0.05) is 36.4 Å². The highest BCUT2D eigenvalue weighted by molar-refractivity contribution is 6.37. The lowest BCUT2D eigenvalue weighted by Crippen LogP contribution is -2.28. The van der Waals surface area contributed by atoms with Gasteiger partial charge in [-0.2, -0.15) is 0 Å². The van der Waals surface area contributed by atoms with Crippen LogP contribution in [0, 0.1) is 5.82 Å². The van der Waals surface area contributed by atoms with Crippen LogP contribution in [-0.2, 0) is 19.9 Å². The first kappa shape index (κ1) is 23.9. The Morgan fingerprint density at radius 1 is 1.06 bits per heavy atom. The van der Waals surface area contributed by atoms with Crippen molar-refractivity contribution in [3.63, 3.8) is 0 Å². The summed E-state index contributed by atoms with van der Waals surface area (Å²) < 4.78 is 18.4. The van der Waals surface area contributed by atoms with E-state index in [0.29, 0.717) is 22.5 Å². The van der Waals surface area contributed by atoms with Gasteiger partial charge in [-0.05, 0) is 66.9 Å². The maximum Gasteiger partial charge on any atom is 0.330 e. The number of carbonyl (C=O) groups excluding carboxylic acids is 2. The van der Waals surface area contributed by atoms with E-state index in [9.17, 15) is 14.0 Å². The highest BCUT2D eigenvalue weighted by Crippen LogP contribution is 2.38. The summed E-state index contributed by atoms with van der Waals surface area (Å²) in [6.07, 6.45) is 2.98. The molecule has 178 valence electrons. The number of hydrogen-bond acceptors (Lipinski definition) is 5. The molecule has 1 aliphatic heterocycles. The van der Waals surface area contributed by atoms with Crippen LogP contribution in [0.3, 0.4) is 0 Å². The second-order valence-corrected chi connectivity index (χ2v) is 8.80. The van der Waals surface area contributed by atoms with E-state index in [2.05, 4.69) is 15.4 Å². The van der Waals surface area contributed by atoms with Crippen LogP contribution in [-0.4, -0.2) is 19.0 Å². The minimum atomic E-state index is -0.484. The van der Waals surface area contributed by atoms with Crippen LogP contribution >= 0.6 is 0 Å². The molecule has 4 rings (SSSR count). The Morgan fingerprint density at radius 2 is 1.74 bits per heavy atom. The van der Waals surface area contributed by atoms with Crippen molar-refractivity contribution >= 4 is 40.6 Å². The lowest BCUT2D eigenvalue weighted by atomic mass is 9.95. The molecule has 4 N–H and O–H groups in total. The van der Waals surface area contributed by atoms with Crippen LogP contribution < -0.4 is 16.4 Å². The van der Waals surface area contributed by atoms with Crippen molar-refractivity contribution in [1.29, 1.82) is 0 Å². The molecular weight excluding hydrogens is 445 g/mol. The number of methoxy groups -OCH3 is 1. The molecule has 0 fully saturated rings. The van der Waals surface area contributed by atoms with E-state index in [1.165, 1.54) is 25.3 Å². The number of nitrogens with one attached hydrogen (secondary N) is 2. The number of halogens is 1. The van der Waals surface area contributed by atoms with Crippen LogP contribution in [0.5, 0.6) is 0 Å². The molecule has 0 atom stereocenters. The van der Waals surface area contributed by atoms with E-state index in [1.54, 1.807) is 12.1 Å². The van der Waals surface area contributed by atoms with Crippen molar-refractivity contribution < 1.29 is 18.7 Å². The number of fused-ring (bicyclic) bond motifs is 1. The molecule has 0 unspecified atom stereocenters. The molecule has 0 aromatic heterocycles. The fourth-order valence-corrected chi connectivity index (χ4v) is 3.79. The van der Waals surface area contributed by atoms with Gasteiger partial charge in [0.25, 0.3) is 5.91 Å². The van der Waals surface area contributed by atoms with Gasteiger partial charge in [0.2, 0.25) is 0 Å². The maximum absolute atomic E-state index is 13.8. The van der Waals surface area contributed by atoms with Gasteiger partial charge in [0.15, 0.2) is 0 Å². The Labute approximate surface area is 203 Å². The number of amides is 1. The zero-order valence-corrected chi connectivity index (χ0v) is 19.7. The summed E-state index contributed by atoms with van der Waals surface area (Å²) in [5.74, 6) is -1.21. The summed E-state index contributed by atoms with van der Waals surface area (Å²) in [6.45, 7) is 3.86. The van der Waals surface area contributed by atoms with Gasteiger partial charge in [-0.25, -0.2) is 9.18 Å². The Bertz CT molecular complexity index is 1340. The fourth-order valence-electron chi connectivity index (χ4n) is 3.79. The lowest BCUT2D eigenvalue weighted by Gasteiger charge is -2.20. The van der Waals surface area contributed by atoms with Gasteiger partial charge in [0, 0.05) is 22.9 Å². The van der Waals surface area contributed by atoms with Crippen LogP contribution in [0.15, 0.2) is 72.8 Å². The number of rotatable bonds is 6. The number of hydrogen-bond donors (Lipinski definition) is 3. The molecule has 35 heavy (non-hydrogen) atoms. The van der Waals surface area contributed by atoms with Crippen LogP contribution in [0.4, 0.5) is 15.8 Å². The fraction of sp³-hybridized carbons (Fsp3) is 0.143. The number of esters is 1. The predicted molar refractivity (Wildman–Crippen MR) is 137 cm³/mol. The SMILES string of the molecule is COC(=O)/C=C/c1ccc(/C(Nc2ccc(C(C)(C)N)cc2)=C2/C(=O)Nc3cc(F)ccc32)cc1. The highest BCUT2D eigenvalue weighted by atomic mass is 19.1. The van der Waals surface area contributed by atoms with Crippen molar-refractivity contribution in [1.82, 2.24) is 0 Å². The van der Waals surface area contributed by atoms with Crippen LogP contribution in [0.2, 0.25) is 0 Å². The van der Waals surface area contributed by atoms with Gasteiger partial charge in [-0.3, -0.25) is 4.79 Å². The Morgan fingerprint density at radius 3 is 2.37 bits per heavy atom. The summed E-state index contributed by atoms with van der Waals surface area (Å²) in [5, 5.41) is 6.12. The third kappa shape index (κ3) is 5.31. The zero-order chi connectivity index (χ0) is 25.2. The second kappa shape index (κ2) is 9.56. The first-order valence-electron chi connectivity index (χ1n) is 11.0. The standard InChI is InChI=1S/C28H26FN3O3/c1-28(2,30)19-9-12-21(13-10-19)31-26(18-7-4-17(5-8-18)6-15-24(33)35-3)25-22-14-11-20(29)16-23(22)32-27(25)34/h4-16,31H,30H2,1-3H3,(H,32,34)/b15-6+,26-25-. The molecule has 1 amide bonds. The minimum absolute atomic E-state index is 0.331. The molecule has 0 bridgehead atoms. The Hall–Kier alpha value is -4.23. The van der Waals surface area contributed by atoms with Gasteiger partial charge >= 0.3 is 5.97 Å². The van der Waals surface area contributed by atoms with Crippen molar-refractivity contribution in [3.05, 3.63) is 101 Å². The topological polar surface area (TPSA) is 93.4 Å². The number of nitrogens with two attached hydrogens (primary N) is 1. The van der Waals surface area contributed by atoms with E-state index in [-0.39, 0.29) is 5.91 Å². The largest absolute Gasteiger partial charge is 0.466 e. The lowest BCUT2D eigenvalue weighted by molar-refractivity contribution is -0.134. The number of carbonyl (C=O) groups is 2. The van der Waals surface area contributed by atoms with Gasteiger partial charge < -0.3 is 21.1 Å². The molecule has 0 aliphatic carbocycles. The molecule has 1 aliphatic rings. The Kier molecular flexibility index (Phi) is 6.53.